The number of nitrogens with zero attached hydrogens (tertiary/aromatic N) is 4. The van der Waals surface area contributed by atoms with Gasteiger partial charge in [-0.1, -0.05) is 135 Å². The van der Waals surface area contributed by atoms with E-state index in [0.717, 1.165) is 83.4 Å². The van der Waals surface area contributed by atoms with Crippen LogP contribution in [-0.2, 0) is 30.9 Å². The molecule has 0 aliphatic heterocycles. The van der Waals surface area contributed by atoms with E-state index >= 15 is 0 Å². The van der Waals surface area contributed by atoms with Crippen molar-refractivity contribution in [2.75, 3.05) is 0 Å². The van der Waals surface area contributed by atoms with Gasteiger partial charge in [0.1, 0.15) is 11.1 Å². The van der Waals surface area contributed by atoms with Crippen molar-refractivity contribution in [3.8, 4) is 39.5 Å². The molecule has 0 atom stereocenters. The zero-order chi connectivity index (χ0) is 46.8. The van der Waals surface area contributed by atoms with E-state index in [1.807, 2.05) is 42.6 Å². The van der Waals surface area contributed by atoms with Gasteiger partial charge in [0.05, 0.1) is 22.4 Å². The van der Waals surface area contributed by atoms with Crippen LogP contribution in [0.2, 0.25) is 0 Å². The third-order valence-corrected chi connectivity index (χ3v) is 12.7. The summed E-state index contributed by atoms with van der Waals surface area (Å²) in [5, 5.41) is 4.14. The molecule has 7 heteroatoms. The van der Waals surface area contributed by atoms with Crippen molar-refractivity contribution < 1.29 is 28.9 Å². The molecule has 0 aliphatic carbocycles. The minimum absolute atomic E-state index is 0. The van der Waals surface area contributed by atoms with Crippen LogP contribution in [0.5, 0.6) is 0 Å². The summed E-state index contributed by atoms with van der Waals surface area (Å²) in [5.74, 6) is 2.07. The topological polar surface area (TPSA) is 69.9 Å². The van der Waals surface area contributed by atoms with Crippen molar-refractivity contribution in [3.05, 3.63) is 180 Å². The predicted molar refractivity (Wildman–Crippen MR) is 277 cm³/mol. The summed E-state index contributed by atoms with van der Waals surface area (Å²) in [6.07, 6.45) is 1.87. The maximum Gasteiger partial charge on any atom is 0.200 e. The number of para-hydroxylation sites is 2. The van der Waals surface area contributed by atoms with Crippen LogP contribution in [0.25, 0.3) is 94.3 Å². The summed E-state index contributed by atoms with van der Waals surface area (Å²) in [6.45, 7) is 22.1. The molecule has 11 aromatic rings. The van der Waals surface area contributed by atoms with Gasteiger partial charge in [0.2, 0.25) is 5.89 Å². The quantitative estimate of drug-likeness (QED) is 0.155. The Labute approximate surface area is 412 Å². The van der Waals surface area contributed by atoms with Gasteiger partial charge in [-0.3, -0.25) is 4.98 Å². The van der Waals surface area contributed by atoms with Crippen molar-refractivity contribution >= 4 is 54.8 Å². The average Bonchev–Trinajstić information content (AvgIpc) is 4.05. The molecule has 1 radical (unpaired) electrons. The second kappa shape index (κ2) is 18.1. The molecule has 4 aromatic heterocycles. The fraction of sp³-hybridized carbons (Fsp3) is 0.230. The smallest absolute Gasteiger partial charge is 0.200 e. The molecule has 4 heterocycles. The number of furan rings is 1. The Kier molecular flexibility index (Phi) is 12.4. The van der Waals surface area contributed by atoms with Crippen LogP contribution in [0.15, 0.2) is 155 Å². The molecular formula is C61H56IrN4O2-2. The molecule has 0 aliphatic rings. The number of hydrogen-bond donors (Lipinski definition) is 0. The first-order valence-electron chi connectivity index (χ1n) is 23.4. The molecule has 0 fully saturated rings. The first-order chi connectivity index (χ1) is 32.1. The second-order valence-corrected chi connectivity index (χ2v) is 20.3. The Balaban J connectivity index is 0.000000289. The van der Waals surface area contributed by atoms with Crippen molar-refractivity contribution in [2.45, 2.75) is 91.9 Å². The number of benzene rings is 7. The van der Waals surface area contributed by atoms with Crippen LogP contribution in [0.4, 0.5) is 0 Å². The van der Waals surface area contributed by atoms with Gasteiger partial charge in [0.25, 0.3) is 0 Å². The largest absolute Gasteiger partial charge is 0.501 e. The van der Waals surface area contributed by atoms with E-state index in [0.29, 0.717) is 0 Å². The molecular weight excluding hydrogens is 1010 g/mol. The number of imidazole rings is 1. The Morgan fingerprint density at radius 2 is 1.29 bits per heavy atom. The van der Waals surface area contributed by atoms with Crippen LogP contribution in [0, 0.1) is 12.1 Å². The third kappa shape index (κ3) is 8.59. The molecule has 0 saturated carbocycles. The van der Waals surface area contributed by atoms with Gasteiger partial charge >= 0.3 is 0 Å². The fourth-order valence-electron chi connectivity index (χ4n) is 9.06. The average molecular weight is 1070 g/mol. The Bertz CT molecular complexity index is 3570. The number of rotatable bonds is 6. The van der Waals surface area contributed by atoms with Gasteiger partial charge < -0.3 is 18.4 Å². The molecule has 0 bridgehead atoms. The molecule has 68 heavy (non-hydrogen) atoms. The molecule has 11 rings (SSSR count). The zero-order valence-corrected chi connectivity index (χ0v) is 42.8. The molecule has 7 aromatic carbocycles. The number of fused-ring (bicyclic) bond motifs is 7. The summed E-state index contributed by atoms with van der Waals surface area (Å²) in [6, 6.07) is 55.4. The third-order valence-electron chi connectivity index (χ3n) is 12.7. The van der Waals surface area contributed by atoms with Crippen LogP contribution in [-0.4, -0.2) is 19.5 Å². The molecule has 0 amide bonds. The fourth-order valence-corrected chi connectivity index (χ4v) is 9.06. The van der Waals surface area contributed by atoms with Crippen LogP contribution in [0.1, 0.15) is 104 Å². The summed E-state index contributed by atoms with van der Waals surface area (Å²) in [5.41, 5.74) is 15.5. The van der Waals surface area contributed by atoms with Crippen LogP contribution in [0.3, 0.4) is 0 Å². The van der Waals surface area contributed by atoms with Crippen molar-refractivity contribution in [3.63, 3.8) is 0 Å². The standard InChI is InChI=1S/C46H40N3O2.C15H16N.Ir/c1-26(2)33-23-30(28-14-9-8-10-15-28)24-34(27(3)4)41(33)49-39-19-12-11-18-37(39)47-44(49)32-17-13-16-31-36-22-29-20-21-38-43(51-45(48-38)46(5,6)7)35(29)25-40(36)50-42(31)32;1-15(2,3)13-9-10-16-14(11-13)12-7-5-4-6-8-12;/h8-16,18-27H,1-7H3;4-7,9-11H,1-3H3;/q2*-1;. The number of hydrogen-bond acceptors (Lipinski definition) is 5. The molecule has 343 valence electrons. The van der Waals surface area contributed by atoms with Gasteiger partial charge in [-0.05, 0) is 105 Å². The first kappa shape index (κ1) is 46.4. The Morgan fingerprint density at radius 1 is 0.574 bits per heavy atom. The van der Waals surface area contributed by atoms with E-state index in [-0.39, 0.29) is 42.8 Å². The molecule has 0 N–H and O–H groups in total. The van der Waals surface area contributed by atoms with Crippen LogP contribution < -0.4 is 0 Å². The van der Waals surface area contributed by atoms with E-state index in [2.05, 4.69) is 194 Å². The first-order valence-corrected chi connectivity index (χ1v) is 23.4. The maximum atomic E-state index is 6.84. The second-order valence-electron chi connectivity index (χ2n) is 20.3. The minimum Gasteiger partial charge on any atom is -0.501 e. The monoisotopic (exact) mass is 1070 g/mol. The maximum absolute atomic E-state index is 6.84. The molecule has 6 nitrogen and oxygen atoms in total. The van der Waals surface area contributed by atoms with Gasteiger partial charge in [0.15, 0.2) is 5.58 Å². The van der Waals surface area contributed by atoms with Crippen molar-refractivity contribution in [1.29, 1.82) is 0 Å². The van der Waals surface area contributed by atoms with Crippen LogP contribution >= 0.6 is 0 Å². The summed E-state index contributed by atoms with van der Waals surface area (Å²) >= 11 is 0. The van der Waals surface area contributed by atoms with E-state index in [4.69, 9.17) is 18.8 Å². The number of aromatic nitrogens is 4. The van der Waals surface area contributed by atoms with E-state index in [9.17, 15) is 0 Å². The molecule has 0 saturated heterocycles. The minimum atomic E-state index is -0.197. The van der Waals surface area contributed by atoms with Crippen molar-refractivity contribution in [2.24, 2.45) is 0 Å². The van der Waals surface area contributed by atoms with Gasteiger partial charge in [-0.25, -0.2) is 4.98 Å². The van der Waals surface area contributed by atoms with Gasteiger partial charge in [0, 0.05) is 48.2 Å². The van der Waals surface area contributed by atoms with Gasteiger partial charge in [-0.2, -0.15) is 0 Å². The Morgan fingerprint density at radius 3 is 1.99 bits per heavy atom. The van der Waals surface area contributed by atoms with Crippen molar-refractivity contribution in [1.82, 2.24) is 19.5 Å². The predicted octanol–water partition coefficient (Wildman–Crippen LogP) is 16.7. The van der Waals surface area contributed by atoms with E-state index in [1.165, 1.54) is 33.5 Å². The van der Waals surface area contributed by atoms with Gasteiger partial charge in [-0.15, -0.1) is 54.1 Å². The molecule has 0 spiro atoms. The van der Waals surface area contributed by atoms with E-state index in [1.54, 1.807) is 0 Å². The summed E-state index contributed by atoms with van der Waals surface area (Å²) in [4.78, 5) is 14.5. The SMILES string of the molecule is CC(C)(C)c1ccnc(-c2[c-]cccc2)c1.CC(C)c1cc(-c2ccccc2)cc(C(C)C)c1-n1c(-c2[c-]ccc3c2oc2cc4c(ccc5nc(C(C)(C)C)oc54)cc23)nc2ccccc21.[Ir]. The number of pyridine rings is 1. The Hall–Kier alpha value is -6.66. The summed E-state index contributed by atoms with van der Waals surface area (Å²) < 4.78 is 15.6. The normalized spacial score (nSPS) is 12.1. The number of oxazole rings is 1. The molecule has 0 unspecified atom stereocenters. The zero-order valence-electron chi connectivity index (χ0n) is 40.4. The summed E-state index contributed by atoms with van der Waals surface area (Å²) in [7, 11) is 0. The van der Waals surface area contributed by atoms with E-state index < -0.39 is 0 Å².